The number of rotatable bonds is 2. The van der Waals surface area contributed by atoms with Crippen LogP contribution in [0.4, 0.5) is 0 Å². The quantitative estimate of drug-likeness (QED) is 0.906. The van der Waals surface area contributed by atoms with Crippen molar-refractivity contribution >= 4 is 5.91 Å². The standard InChI is InChI=1S/C18H28N2O/c1-18(2,3)15-9-7-14(8-10-15)17(21)20(4)16-6-5-12-19-13-11-16/h7-10,16,19H,5-6,11-13H2,1-4H3. The first-order chi connectivity index (χ1) is 9.89. The summed E-state index contributed by atoms with van der Waals surface area (Å²) in [7, 11) is 1.94. The summed E-state index contributed by atoms with van der Waals surface area (Å²) in [6, 6.07) is 8.45. The van der Waals surface area contributed by atoms with Gasteiger partial charge in [-0.25, -0.2) is 0 Å². The van der Waals surface area contributed by atoms with Crippen molar-refractivity contribution in [2.24, 2.45) is 0 Å². The van der Waals surface area contributed by atoms with Crippen LogP contribution in [0, 0.1) is 0 Å². The van der Waals surface area contributed by atoms with Crippen LogP contribution in [0.5, 0.6) is 0 Å². The van der Waals surface area contributed by atoms with Crippen LogP contribution >= 0.6 is 0 Å². The maximum Gasteiger partial charge on any atom is 0.253 e. The van der Waals surface area contributed by atoms with Crippen molar-refractivity contribution in [3.63, 3.8) is 0 Å². The summed E-state index contributed by atoms with van der Waals surface area (Å²) in [4.78, 5) is 14.6. The predicted octanol–water partition coefficient (Wildman–Crippen LogP) is 3.20. The lowest BCUT2D eigenvalue weighted by Crippen LogP contribution is -2.37. The largest absolute Gasteiger partial charge is 0.339 e. The van der Waals surface area contributed by atoms with Crippen LogP contribution in [0.2, 0.25) is 0 Å². The summed E-state index contributed by atoms with van der Waals surface area (Å²) in [6.45, 7) is 8.64. The second-order valence-electron chi connectivity index (χ2n) is 7.08. The van der Waals surface area contributed by atoms with Gasteiger partial charge < -0.3 is 10.2 Å². The molecule has 1 aliphatic rings. The zero-order valence-electron chi connectivity index (χ0n) is 13.8. The van der Waals surface area contributed by atoms with E-state index in [1.807, 2.05) is 24.1 Å². The third-order valence-electron chi connectivity index (χ3n) is 4.41. The van der Waals surface area contributed by atoms with Gasteiger partial charge in [-0.1, -0.05) is 32.9 Å². The predicted molar refractivity (Wildman–Crippen MR) is 87.7 cm³/mol. The van der Waals surface area contributed by atoms with E-state index < -0.39 is 0 Å². The monoisotopic (exact) mass is 288 g/mol. The third-order valence-corrected chi connectivity index (χ3v) is 4.41. The highest BCUT2D eigenvalue weighted by atomic mass is 16.2. The van der Waals surface area contributed by atoms with Crippen LogP contribution < -0.4 is 5.32 Å². The van der Waals surface area contributed by atoms with E-state index >= 15 is 0 Å². The highest BCUT2D eigenvalue weighted by molar-refractivity contribution is 5.94. The molecule has 1 atom stereocenters. The van der Waals surface area contributed by atoms with E-state index in [9.17, 15) is 4.79 Å². The fourth-order valence-corrected chi connectivity index (χ4v) is 2.87. The fourth-order valence-electron chi connectivity index (χ4n) is 2.87. The molecule has 0 aromatic heterocycles. The number of hydrogen-bond acceptors (Lipinski definition) is 2. The first kappa shape index (κ1) is 16.0. The molecule has 1 aliphatic heterocycles. The lowest BCUT2D eigenvalue weighted by atomic mass is 9.86. The molecule has 0 radical (unpaired) electrons. The average Bonchev–Trinajstić information content (AvgIpc) is 2.74. The van der Waals surface area contributed by atoms with E-state index in [4.69, 9.17) is 0 Å². The van der Waals surface area contributed by atoms with Crippen molar-refractivity contribution in [1.82, 2.24) is 10.2 Å². The van der Waals surface area contributed by atoms with Gasteiger partial charge in [0.2, 0.25) is 0 Å². The molecule has 1 aromatic rings. The molecule has 116 valence electrons. The Morgan fingerprint density at radius 2 is 1.81 bits per heavy atom. The van der Waals surface area contributed by atoms with E-state index in [0.717, 1.165) is 37.9 Å². The van der Waals surface area contributed by atoms with Gasteiger partial charge in [0.15, 0.2) is 0 Å². The Balaban J connectivity index is 2.08. The molecule has 1 N–H and O–H groups in total. The Kier molecular flexibility index (Phi) is 5.04. The highest BCUT2D eigenvalue weighted by Gasteiger charge is 2.22. The molecular formula is C18H28N2O. The molecule has 3 heteroatoms. The summed E-state index contributed by atoms with van der Waals surface area (Å²) >= 11 is 0. The second-order valence-corrected chi connectivity index (χ2v) is 7.08. The average molecular weight is 288 g/mol. The van der Waals surface area contributed by atoms with E-state index in [1.165, 1.54) is 5.56 Å². The fraction of sp³-hybridized carbons (Fsp3) is 0.611. The van der Waals surface area contributed by atoms with Gasteiger partial charge in [0.25, 0.3) is 5.91 Å². The molecular weight excluding hydrogens is 260 g/mol. The molecule has 1 unspecified atom stereocenters. The second kappa shape index (κ2) is 6.61. The maximum absolute atomic E-state index is 12.6. The number of nitrogens with zero attached hydrogens (tertiary/aromatic N) is 1. The van der Waals surface area contributed by atoms with E-state index in [1.54, 1.807) is 0 Å². The van der Waals surface area contributed by atoms with Gasteiger partial charge in [-0.15, -0.1) is 0 Å². The van der Waals surface area contributed by atoms with Crippen LogP contribution in [0.25, 0.3) is 0 Å². The van der Waals surface area contributed by atoms with Crippen LogP contribution in [-0.2, 0) is 5.41 Å². The molecule has 0 aliphatic carbocycles. The van der Waals surface area contributed by atoms with Crippen molar-refractivity contribution in [3.05, 3.63) is 35.4 Å². The minimum atomic E-state index is 0.125. The molecule has 1 heterocycles. The minimum absolute atomic E-state index is 0.125. The van der Waals surface area contributed by atoms with Gasteiger partial charge in [-0.3, -0.25) is 4.79 Å². The zero-order valence-corrected chi connectivity index (χ0v) is 13.8. The van der Waals surface area contributed by atoms with E-state index in [0.29, 0.717) is 6.04 Å². The van der Waals surface area contributed by atoms with Crippen LogP contribution in [0.3, 0.4) is 0 Å². The first-order valence-corrected chi connectivity index (χ1v) is 7.98. The van der Waals surface area contributed by atoms with E-state index in [2.05, 4.69) is 38.2 Å². The number of amides is 1. The number of carbonyl (C=O) groups excluding carboxylic acids is 1. The topological polar surface area (TPSA) is 32.3 Å². The van der Waals surface area contributed by atoms with Crippen molar-refractivity contribution in [1.29, 1.82) is 0 Å². The normalized spacial score (nSPS) is 19.9. The van der Waals surface area contributed by atoms with Crippen molar-refractivity contribution < 1.29 is 4.79 Å². The molecule has 1 amide bonds. The summed E-state index contributed by atoms with van der Waals surface area (Å²) in [5, 5.41) is 3.40. The summed E-state index contributed by atoms with van der Waals surface area (Å²) in [6.07, 6.45) is 3.28. The molecule has 0 saturated carbocycles. The Morgan fingerprint density at radius 1 is 1.14 bits per heavy atom. The minimum Gasteiger partial charge on any atom is -0.339 e. The van der Waals surface area contributed by atoms with Crippen LogP contribution in [0.1, 0.15) is 56.0 Å². The van der Waals surface area contributed by atoms with Gasteiger partial charge in [0.1, 0.15) is 0 Å². The molecule has 1 saturated heterocycles. The van der Waals surface area contributed by atoms with Crippen LogP contribution in [-0.4, -0.2) is 37.0 Å². The first-order valence-electron chi connectivity index (χ1n) is 7.98. The van der Waals surface area contributed by atoms with Crippen LogP contribution in [0.15, 0.2) is 24.3 Å². The molecule has 1 fully saturated rings. The lowest BCUT2D eigenvalue weighted by Gasteiger charge is -2.27. The summed E-state index contributed by atoms with van der Waals surface area (Å²) in [5.74, 6) is 0.141. The number of nitrogens with one attached hydrogen (secondary N) is 1. The molecule has 0 spiro atoms. The Bertz CT molecular complexity index is 465. The van der Waals surface area contributed by atoms with Gasteiger partial charge in [-0.2, -0.15) is 0 Å². The molecule has 2 rings (SSSR count). The lowest BCUT2D eigenvalue weighted by molar-refractivity contribution is 0.0720. The summed E-state index contributed by atoms with van der Waals surface area (Å²) < 4.78 is 0. The molecule has 0 bridgehead atoms. The van der Waals surface area contributed by atoms with Gasteiger partial charge in [-0.05, 0) is 55.5 Å². The van der Waals surface area contributed by atoms with Gasteiger partial charge in [0, 0.05) is 18.7 Å². The Hall–Kier alpha value is -1.35. The van der Waals surface area contributed by atoms with Crippen molar-refractivity contribution in [3.8, 4) is 0 Å². The molecule has 21 heavy (non-hydrogen) atoms. The maximum atomic E-state index is 12.6. The Labute approximate surface area is 128 Å². The SMILES string of the molecule is CN(C(=O)c1ccc(C(C)(C)C)cc1)C1CCCNCC1. The Morgan fingerprint density at radius 3 is 2.43 bits per heavy atom. The van der Waals surface area contributed by atoms with Crippen molar-refractivity contribution in [2.75, 3.05) is 20.1 Å². The van der Waals surface area contributed by atoms with Gasteiger partial charge >= 0.3 is 0 Å². The van der Waals surface area contributed by atoms with Gasteiger partial charge in [0.05, 0.1) is 0 Å². The van der Waals surface area contributed by atoms with Crippen molar-refractivity contribution in [2.45, 2.75) is 51.5 Å². The summed E-state index contributed by atoms with van der Waals surface area (Å²) in [5.41, 5.74) is 2.18. The smallest absolute Gasteiger partial charge is 0.253 e. The zero-order chi connectivity index (χ0) is 15.5. The number of carbonyl (C=O) groups is 1. The third kappa shape index (κ3) is 4.07. The van der Waals surface area contributed by atoms with E-state index in [-0.39, 0.29) is 11.3 Å². The molecule has 3 nitrogen and oxygen atoms in total. The highest BCUT2D eigenvalue weighted by Crippen LogP contribution is 2.23. The number of benzene rings is 1. The number of hydrogen-bond donors (Lipinski definition) is 1. The molecule has 1 aromatic carbocycles.